The summed E-state index contributed by atoms with van der Waals surface area (Å²) in [4.78, 5) is 26.9. The molecule has 0 amide bonds. The molecule has 35 heavy (non-hydrogen) atoms. The van der Waals surface area contributed by atoms with Crippen molar-refractivity contribution < 1.29 is 23.9 Å². The normalized spacial score (nSPS) is 14.0. The van der Waals surface area contributed by atoms with Crippen molar-refractivity contribution in [1.82, 2.24) is 0 Å². The van der Waals surface area contributed by atoms with Gasteiger partial charge in [-0.2, -0.15) is 0 Å². The summed E-state index contributed by atoms with van der Waals surface area (Å²) in [6.07, 6.45) is 1.51. The van der Waals surface area contributed by atoms with E-state index in [2.05, 4.69) is 4.99 Å². The van der Waals surface area contributed by atoms with E-state index in [1.807, 2.05) is 0 Å². The Bertz CT molecular complexity index is 1400. The van der Waals surface area contributed by atoms with Crippen LogP contribution in [0.15, 0.2) is 65.3 Å². The van der Waals surface area contributed by atoms with Crippen molar-refractivity contribution in [1.29, 1.82) is 0 Å². The number of carbonyl (C=O) groups excluding carboxylic acids is 1. The molecular formula is C24H15Cl3N2O6. The number of aliphatic imine (C=N–C) groups is 1. The number of ether oxygens (including phenoxy) is 3. The Kier molecular flexibility index (Phi) is 7.25. The summed E-state index contributed by atoms with van der Waals surface area (Å²) in [5.41, 5.74) is 1.54. The minimum atomic E-state index is -0.687. The third kappa shape index (κ3) is 5.57. The van der Waals surface area contributed by atoms with E-state index in [4.69, 9.17) is 49.0 Å². The molecular weight excluding hydrogens is 519 g/mol. The Labute approximate surface area is 214 Å². The number of nitrogens with zero attached hydrogens (tertiary/aromatic N) is 2. The lowest BCUT2D eigenvalue weighted by Gasteiger charge is -2.12. The fourth-order valence-corrected chi connectivity index (χ4v) is 3.73. The van der Waals surface area contributed by atoms with Crippen LogP contribution in [-0.4, -0.2) is 23.9 Å². The van der Waals surface area contributed by atoms with E-state index >= 15 is 0 Å². The van der Waals surface area contributed by atoms with Gasteiger partial charge in [-0.1, -0.05) is 46.9 Å². The molecule has 0 aromatic heterocycles. The summed E-state index contributed by atoms with van der Waals surface area (Å²) in [6, 6.07) is 14.1. The maximum Gasteiger partial charge on any atom is 0.363 e. The van der Waals surface area contributed by atoms with E-state index in [-0.39, 0.29) is 34.5 Å². The molecule has 0 radical (unpaired) electrons. The average Bonchev–Trinajstić information content (AvgIpc) is 3.19. The molecule has 0 saturated heterocycles. The zero-order valence-corrected chi connectivity index (χ0v) is 20.2. The second kappa shape index (κ2) is 10.4. The summed E-state index contributed by atoms with van der Waals surface area (Å²) >= 11 is 18.1. The lowest BCUT2D eigenvalue weighted by molar-refractivity contribution is -0.384. The molecule has 11 heteroatoms. The standard InChI is InChI=1S/C24H15Cl3N2O6/c1-33-22-10-13(3-7-21(22)34-12-14-2-6-17(25)19(27)8-14)9-20-24(30)35-23(28-20)16-5-4-15(29(31)32)11-18(16)26/h2-11H,12H2,1H3/b20-9-. The van der Waals surface area contributed by atoms with Gasteiger partial charge in [-0.15, -0.1) is 0 Å². The van der Waals surface area contributed by atoms with Gasteiger partial charge in [0.1, 0.15) is 6.61 Å². The Morgan fingerprint density at radius 2 is 1.80 bits per heavy atom. The smallest absolute Gasteiger partial charge is 0.363 e. The van der Waals surface area contributed by atoms with Gasteiger partial charge in [-0.3, -0.25) is 10.1 Å². The van der Waals surface area contributed by atoms with Crippen molar-refractivity contribution in [3.8, 4) is 11.5 Å². The summed E-state index contributed by atoms with van der Waals surface area (Å²) < 4.78 is 16.5. The fraction of sp³-hybridized carbons (Fsp3) is 0.0833. The predicted octanol–water partition coefficient (Wildman–Crippen LogP) is 6.49. The van der Waals surface area contributed by atoms with E-state index in [9.17, 15) is 14.9 Å². The minimum Gasteiger partial charge on any atom is -0.493 e. The third-order valence-corrected chi connectivity index (χ3v) is 5.94. The van der Waals surface area contributed by atoms with Crippen LogP contribution in [0.4, 0.5) is 5.69 Å². The van der Waals surface area contributed by atoms with Crippen LogP contribution in [0.1, 0.15) is 16.7 Å². The first-order valence-corrected chi connectivity index (χ1v) is 11.1. The number of benzene rings is 3. The van der Waals surface area contributed by atoms with Gasteiger partial charge in [0.15, 0.2) is 17.2 Å². The molecule has 0 N–H and O–H groups in total. The quantitative estimate of drug-likeness (QED) is 0.149. The molecule has 3 aromatic rings. The third-order valence-electron chi connectivity index (χ3n) is 4.88. The van der Waals surface area contributed by atoms with Gasteiger partial charge in [-0.05, 0) is 47.5 Å². The van der Waals surface area contributed by atoms with Gasteiger partial charge in [0, 0.05) is 12.1 Å². The number of halogens is 3. The maximum absolute atomic E-state index is 12.3. The Morgan fingerprint density at radius 1 is 1.00 bits per heavy atom. The first-order valence-electron chi connectivity index (χ1n) is 9.97. The average molecular weight is 534 g/mol. The lowest BCUT2D eigenvalue weighted by Crippen LogP contribution is -2.06. The molecule has 0 fully saturated rings. The molecule has 178 valence electrons. The molecule has 0 bridgehead atoms. The van der Waals surface area contributed by atoms with E-state index in [1.165, 1.54) is 25.3 Å². The van der Waals surface area contributed by atoms with Gasteiger partial charge in [0.25, 0.3) is 5.69 Å². The molecule has 8 nitrogen and oxygen atoms in total. The molecule has 0 spiro atoms. The van der Waals surface area contributed by atoms with Gasteiger partial charge >= 0.3 is 5.97 Å². The number of nitro benzene ring substituents is 1. The van der Waals surface area contributed by atoms with E-state index in [0.29, 0.717) is 27.1 Å². The van der Waals surface area contributed by atoms with E-state index in [1.54, 1.807) is 36.4 Å². The number of carbonyl (C=O) groups is 1. The summed E-state index contributed by atoms with van der Waals surface area (Å²) in [7, 11) is 1.49. The minimum absolute atomic E-state index is 0.0287. The molecule has 1 heterocycles. The number of methoxy groups -OCH3 is 1. The van der Waals surface area contributed by atoms with Crippen molar-refractivity contribution in [3.05, 3.63) is 102 Å². The van der Waals surface area contributed by atoms with Crippen LogP contribution in [-0.2, 0) is 16.1 Å². The number of esters is 1. The second-order valence-corrected chi connectivity index (χ2v) is 8.43. The Balaban J connectivity index is 1.54. The molecule has 4 rings (SSSR count). The topological polar surface area (TPSA) is 100 Å². The number of nitro groups is 1. The van der Waals surface area contributed by atoms with Gasteiger partial charge in [0.2, 0.25) is 5.90 Å². The highest BCUT2D eigenvalue weighted by Gasteiger charge is 2.26. The Morgan fingerprint density at radius 3 is 2.49 bits per heavy atom. The summed E-state index contributed by atoms with van der Waals surface area (Å²) in [6.45, 7) is 0.240. The first-order chi connectivity index (χ1) is 16.7. The van der Waals surface area contributed by atoms with Gasteiger partial charge in [-0.25, -0.2) is 9.79 Å². The predicted molar refractivity (Wildman–Crippen MR) is 133 cm³/mol. The summed E-state index contributed by atoms with van der Waals surface area (Å²) in [5, 5.41) is 11.8. The van der Waals surface area contributed by atoms with E-state index in [0.717, 1.165) is 11.6 Å². The van der Waals surface area contributed by atoms with Crippen molar-refractivity contribution in [2.45, 2.75) is 6.61 Å². The van der Waals surface area contributed by atoms with Gasteiger partial charge < -0.3 is 14.2 Å². The lowest BCUT2D eigenvalue weighted by atomic mass is 10.1. The molecule has 0 unspecified atom stereocenters. The summed E-state index contributed by atoms with van der Waals surface area (Å²) in [5.74, 6) is 0.188. The zero-order valence-electron chi connectivity index (χ0n) is 18.0. The number of hydrogen-bond donors (Lipinski definition) is 0. The van der Waals surface area contributed by atoms with Crippen LogP contribution >= 0.6 is 34.8 Å². The van der Waals surface area contributed by atoms with Crippen molar-refractivity contribution >= 4 is 58.4 Å². The SMILES string of the molecule is COc1cc(/C=C2\N=C(c3ccc([N+](=O)[O-])cc3Cl)OC2=O)ccc1OCc1ccc(Cl)c(Cl)c1. The van der Waals surface area contributed by atoms with Crippen molar-refractivity contribution in [3.63, 3.8) is 0 Å². The van der Waals surface area contributed by atoms with Crippen LogP contribution in [0.2, 0.25) is 15.1 Å². The highest BCUT2D eigenvalue weighted by molar-refractivity contribution is 6.42. The van der Waals surface area contributed by atoms with Gasteiger partial charge in [0.05, 0.1) is 32.7 Å². The highest BCUT2D eigenvalue weighted by atomic mass is 35.5. The molecule has 0 aliphatic carbocycles. The number of non-ortho nitro benzene ring substituents is 1. The van der Waals surface area contributed by atoms with Crippen molar-refractivity contribution in [2.75, 3.05) is 7.11 Å². The van der Waals surface area contributed by atoms with Crippen molar-refractivity contribution in [2.24, 2.45) is 4.99 Å². The largest absolute Gasteiger partial charge is 0.493 e. The molecule has 0 atom stereocenters. The number of cyclic esters (lactones) is 1. The first kappa shape index (κ1) is 24.5. The maximum atomic E-state index is 12.3. The molecule has 0 saturated carbocycles. The van der Waals surface area contributed by atoms with Crippen LogP contribution in [0, 0.1) is 10.1 Å². The zero-order chi connectivity index (χ0) is 25.1. The molecule has 3 aromatic carbocycles. The number of hydrogen-bond acceptors (Lipinski definition) is 7. The monoisotopic (exact) mass is 532 g/mol. The van der Waals surface area contributed by atoms with Crippen LogP contribution < -0.4 is 9.47 Å². The Hall–Kier alpha value is -3.59. The molecule has 1 aliphatic rings. The van der Waals surface area contributed by atoms with Crippen LogP contribution in [0.3, 0.4) is 0 Å². The highest BCUT2D eigenvalue weighted by Crippen LogP contribution is 2.32. The second-order valence-electron chi connectivity index (χ2n) is 7.20. The number of rotatable bonds is 7. The van der Waals surface area contributed by atoms with Crippen LogP contribution in [0.5, 0.6) is 11.5 Å². The van der Waals surface area contributed by atoms with Crippen LogP contribution in [0.25, 0.3) is 6.08 Å². The fourth-order valence-electron chi connectivity index (χ4n) is 3.16. The van der Waals surface area contributed by atoms with E-state index < -0.39 is 10.9 Å². The molecule has 1 aliphatic heterocycles.